The minimum absolute atomic E-state index is 0.154. The Morgan fingerprint density at radius 1 is 1.08 bits per heavy atom. The molecule has 1 N–H and O–H groups in total. The van der Waals surface area contributed by atoms with Gasteiger partial charge < -0.3 is 10.1 Å². The largest absolute Gasteiger partial charge is 0.481 e. The topological polar surface area (TPSA) is 75.7 Å². The van der Waals surface area contributed by atoms with E-state index >= 15 is 0 Å². The number of rotatable bonds is 6. The van der Waals surface area contributed by atoms with Crippen LogP contribution < -0.4 is 10.1 Å². The first-order chi connectivity index (χ1) is 11.7. The zero-order valence-corrected chi connectivity index (χ0v) is 15.6. The quantitative estimate of drug-likeness (QED) is 0.833. The summed E-state index contributed by atoms with van der Waals surface area (Å²) in [5, 5.41) is 3.26. The van der Waals surface area contributed by atoms with Crippen molar-refractivity contribution in [3.63, 3.8) is 0 Å². The summed E-state index contributed by atoms with van der Waals surface area (Å²) in [6, 6.07) is 12.6. The number of amides is 1. The Bertz CT molecular complexity index is 834. The summed E-state index contributed by atoms with van der Waals surface area (Å²) in [5.74, 6) is 0.178. The molecule has 134 valence electrons. The molecule has 0 radical (unpaired) electrons. The van der Waals surface area contributed by atoms with Gasteiger partial charge in [-0.15, -0.1) is 0 Å². The summed E-state index contributed by atoms with van der Waals surface area (Å²) in [6.45, 7) is 1.62. The zero-order valence-electron chi connectivity index (χ0n) is 14.1. The number of hydrogen-bond donors (Lipinski definition) is 1. The highest BCUT2D eigenvalue weighted by Gasteiger charge is 2.18. The maximum atomic E-state index is 12.2. The van der Waals surface area contributed by atoms with Gasteiger partial charge in [-0.25, -0.2) is 12.7 Å². The Kier molecular flexibility index (Phi) is 6.05. The van der Waals surface area contributed by atoms with Crippen LogP contribution in [0.4, 0.5) is 5.69 Å². The second-order valence-corrected chi connectivity index (χ2v) is 8.10. The van der Waals surface area contributed by atoms with Crippen molar-refractivity contribution in [3.05, 3.63) is 53.6 Å². The molecular weight excluding hydrogens is 364 g/mol. The number of carbonyl (C=O) groups is 1. The molecule has 0 saturated heterocycles. The number of halogens is 1. The predicted octanol–water partition coefficient (Wildman–Crippen LogP) is 3.00. The minimum atomic E-state index is -3.50. The number of carbonyl (C=O) groups excluding carboxylic acids is 1. The third kappa shape index (κ3) is 4.94. The number of ether oxygens (including phenoxy) is 1. The molecule has 1 amide bonds. The van der Waals surface area contributed by atoms with Crippen molar-refractivity contribution in [2.45, 2.75) is 17.9 Å². The average Bonchev–Trinajstić information content (AvgIpc) is 2.57. The predicted molar refractivity (Wildman–Crippen MR) is 97.5 cm³/mol. The van der Waals surface area contributed by atoms with Gasteiger partial charge in [0, 0.05) is 24.8 Å². The molecule has 2 aromatic carbocycles. The van der Waals surface area contributed by atoms with E-state index in [0.717, 1.165) is 4.31 Å². The van der Waals surface area contributed by atoms with Crippen LogP contribution >= 0.6 is 11.6 Å². The average molecular weight is 383 g/mol. The summed E-state index contributed by atoms with van der Waals surface area (Å²) in [7, 11) is -0.579. The standard InChI is InChI=1S/C17H19ClN2O4S/c1-12(24-15-8-4-13(18)5-9-15)17(21)19-14-6-10-16(11-7-14)25(22,23)20(2)3/h4-12H,1-3H3,(H,19,21). The van der Waals surface area contributed by atoms with E-state index in [1.807, 2.05) is 0 Å². The smallest absolute Gasteiger partial charge is 0.265 e. The molecule has 2 rings (SSSR count). The number of sulfonamides is 1. The van der Waals surface area contributed by atoms with Crippen LogP contribution in [0.15, 0.2) is 53.4 Å². The molecule has 0 fully saturated rings. The van der Waals surface area contributed by atoms with Crippen LogP contribution in [0, 0.1) is 0 Å². The molecule has 0 bridgehead atoms. The highest BCUT2D eigenvalue weighted by Crippen LogP contribution is 2.19. The molecule has 2 aromatic rings. The van der Waals surface area contributed by atoms with Crippen molar-refractivity contribution >= 4 is 33.2 Å². The lowest BCUT2D eigenvalue weighted by Gasteiger charge is -2.15. The summed E-state index contributed by atoms with van der Waals surface area (Å²) in [6.07, 6.45) is -0.730. The molecule has 0 aliphatic rings. The Labute approximate surface area is 152 Å². The van der Waals surface area contributed by atoms with Gasteiger partial charge in [0.25, 0.3) is 5.91 Å². The van der Waals surface area contributed by atoms with Gasteiger partial charge in [-0.1, -0.05) is 11.6 Å². The molecule has 0 heterocycles. The molecular formula is C17H19ClN2O4S. The van der Waals surface area contributed by atoms with Crippen molar-refractivity contribution in [1.29, 1.82) is 0 Å². The summed E-state index contributed by atoms with van der Waals surface area (Å²) in [5.41, 5.74) is 0.481. The van der Waals surface area contributed by atoms with Gasteiger partial charge in [0.05, 0.1) is 4.90 Å². The van der Waals surface area contributed by atoms with Crippen molar-refractivity contribution < 1.29 is 17.9 Å². The summed E-state index contributed by atoms with van der Waals surface area (Å²) >= 11 is 5.80. The van der Waals surface area contributed by atoms with Crippen molar-refractivity contribution in [1.82, 2.24) is 4.31 Å². The van der Waals surface area contributed by atoms with Gasteiger partial charge in [-0.2, -0.15) is 0 Å². The highest BCUT2D eigenvalue weighted by molar-refractivity contribution is 7.89. The van der Waals surface area contributed by atoms with E-state index in [1.165, 1.54) is 38.4 Å². The number of nitrogens with zero attached hydrogens (tertiary/aromatic N) is 1. The van der Waals surface area contributed by atoms with E-state index in [-0.39, 0.29) is 10.8 Å². The van der Waals surface area contributed by atoms with Gasteiger partial charge in [0.15, 0.2) is 6.10 Å². The Morgan fingerprint density at radius 3 is 2.16 bits per heavy atom. The zero-order chi connectivity index (χ0) is 18.6. The molecule has 0 spiro atoms. The first-order valence-electron chi connectivity index (χ1n) is 7.46. The maximum absolute atomic E-state index is 12.2. The van der Waals surface area contributed by atoms with E-state index in [1.54, 1.807) is 31.2 Å². The first-order valence-corrected chi connectivity index (χ1v) is 9.27. The van der Waals surface area contributed by atoms with Gasteiger partial charge in [0.1, 0.15) is 5.75 Å². The van der Waals surface area contributed by atoms with Gasteiger partial charge in [0.2, 0.25) is 10.0 Å². The van der Waals surface area contributed by atoms with Crippen LogP contribution in [0.2, 0.25) is 5.02 Å². The van der Waals surface area contributed by atoms with Gasteiger partial charge in [-0.3, -0.25) is 4.79 Å². The number of benzene rings is 2. The lowest BCUT2D eigenvalue weighted by Crippen LogP contribution is -2.30. The maximum Gasteiger partial charge on any atom is 0.265 e. The molecule has 25 heavy (non-hydrogen) atoms. The van der Waals surface area contributed by atoms with Gasteiger partial charge >= 0.3 is 0 Å². The SMILES string of the molecule is CC(Oc1ccc(Cl)cc1)C(=O)Nc1ccc(S(=O)(=O)N(C)C)cc1. The van der Waals surface area contributed by atoms with Crippen molar-refractivity contribution in [2.75, 3.05) is 19.4 Å². The molecule has 1 atom stereocenters. The van der Waals surface area contributed by atoms with E-state index in [2.05, 4.69) is 5.32 Å². The molecule has 1 unspecified atom stereocenters. The molecule has 0 saturated carbocycles. The highest BCUT2D eigenvalue weighted by atomic mass is 35.5. The van der Waals surface area contributed by atoms with Crippen LogP contribution in [-0.2, 0) is 14.8 Å². The van der Waals surface area contributed by atoms with Crippen molar-refractivity contribution in [2.24, 2.45) is 0 Å². The lowest BCUT2D eigenvalue weighted by molar-refractivity contribution is -0.122. The number of hydrogen-bond acceptors (Lipinski definition) is 4. The molecule has 0 aromatic heterocycles. The third-order valence-corrected chi connectivity index (χ3v) is 5.48. The number of nitrogens with one attached hydrogen (secondary N) is 1. The number of anilines is 1. The first kappa shape index (κ1) is 19.2. The monoisotopic (exact) mass is 382 g/mol. The van der Waals surface area contributed by atoms with E-state index in [9.17, 15) is 13.2 Å². The fourth-order valence-electron chi connectivity index (χ4n) is 1.94. The second kappa shape index (κ2) is 7.86. The molecule has 8 heteroatoms. The van der Waals surface area contributed by atoms with Crippen LogP contribution in [-0.4, -0.2) is 38.8 Å². The van der Waals surface area contributed by atoms with Crippen LogP contribution in [0.1, 0.15) is 6.92 Å². The van der Waals surface area contributed by atoms with E-state index < -0.39 is 16.1 Å². The normalized spacial score (nSPS) is 12.7. The minimum Gasteiger partial charge on any atom is -0.481 e. The fourth-order valence-corrected chi connectivity index (χ4v) is 2.96. The molecule has 0 aliphatic carbocycles. The molecule has 6 nitrogen and oxygen atoms in total. The van der Waals surface area contributed by atoms with Crippen LogP contribution in [0.25, 0.3) is 0 Å². The van der Waals surface area contributed by atoms with Crippen molar-refractivity contribution in [3.8, 4) is 5.75 Å². The lowest BCUT2D eigenvalue weighted by atomic mass is 10.3. The fraction of sp³-hybridized carbons (Fsp3) is 0.235. The Hall–Kier alpha value is -2.09. The van der Waals surface area contributed by atoms with Crippen LogP contribution in [0.3, 0.4) is 0 Å². The van der Waals surface area contributed by atoms with E-state index in [0.29, 0.717) is 16.5 Å². The molecule has 0 aliphatic heterocycles. The summed E-state index contributed by atoms with van der Waals surface area (Å²) < 4.78 is 30.7. The van der Waals surface area contributed by atoms with Crippen LogP contribution in [0.5, 0.6) is 5.75 Å². The summed E-state index contributed by atoms with van der Waals surface area (Å²) in [4.78, 5) is 12.3. The Balaban J connectivity index is 2.01. The second-order valence-electron chi connectivity index (χ2n) is 5.52. The van der Waals surface area contributed by atoms with E-state index in [4.69, 9.17) is 16.3 Å². The third-order valence-electron chi connectivity index (χ3n) is 3.40. The van der Waals surface area contributed by atoms with Gasteiger partial charge in [-0.05, 0) is 55.5 Å². The Morgan fingerprint density at radius 2 is 1.64 bits per heavy atom.